The molecule has 0 radical (unpaired) electrons. The van der Waals surface area contributed by atoms with E-state index in [1.54, 1.807) is 18.3 Å². The SMILES string of the molecule is Oc1c(Br)cc(Br)cc1/C=N/n1c(-c2ccccn2)n[nH]c1=S. The number of pyridine rings is 1. The number of nitrogens with one attached hydrogen (secondary N) is 1. The topological polar surface area (TPSA) is 79.1 Å². The normalized spacial score (nSPS) is 11.2. The van der Waals surface area contributed by atoms with Crippen LogP contribution in [0, 0.1) is 4.77 Å². The maximum Gasteiger partial charge on any atom is 0.216 e. The van der Waals surface area contributed by atoms with Gasteiger partial charge in [-0.1, -0.05) is 22.0 Å². The molecule has 0 aliphatic heterocycles. The average Bonchev–Trinajstić information content (AvgIpc) is 2.91. The van der Waals surface area contributed by atoms with Gasteiger partial charge < -0.3 is 5.11 Å². The lowest BCUT2D eigenvalue weighted by molar-refractivity contribution is 0.471. The predicted molar refractivity (Wildman–Crippen MR) is 97.1 cm³/mol. The predicted octanol–water partition coefficient (Wildman–Crippen LogP) is 4.12. The molecule has 0 spiro atoms. The Bertz CT molecular complexity index is 936. The van der Waals surface area contributed by atoms with Crippen molar-refractivity contribution >= 4 is 50.3 Å². The molecule has 0 aliphatic rings. The quantitative estimate of drug-likeness (QED) is 0.461. The van der Waals surface area contributed by atoms with Crippen molar-refractivity contribution in [3.8, 4) is 17.3 Å². The molecule has 2 aromatic heterocycles. The van der Waals surface area contributed by atoms with Gasteiger partial charge in [-0.05, 0) is 52.4 Å². The van der Waals surface area contributed by atoms with Gasteiger partial charge in [0, 0.05) is 16.2 Å². The number of aromatic nitrogens is 4. The van der Waals surface area contributed by atoms with Crippen LogP contribution in [0.1, 0.15) is 5.56 Å². The molecule has 0 atom stereocenters. The van der Waals surface area contributed by atoms with Crippen molar-refractivity contribution in [1.29, 1.82) is 0 Å². The lowest BCUT2D eigenvalue weighted by Gasteiger charge is -2.03. The summed E-state index contributed by atoms with van der Waals surface area (Å²) in [5.41, 5.74) is 1.16. The summed E-state index contributed by atoms with van der Waals surface area (Å²) >= 11 is 11.9. The van der Waals surface area contributed by atoms with E-state index in [-0.39, 0.29) is 5.75 Å². The molecule has 23 heavy (non-hydrogen) atoms. The van der Waals surface area contributed by atoms with E-state index < -0.39 is 0 Å². The maximum absolute atomic E-state index is 10.1. The largest absolute Gasteiger partial charge is 0.506 e. The number of aromatic hydroxyl groups is 1. The number of phenols is 1. The first-order valence-corrected chi connectivity index (χ1v) is 8.37. The van der Waals surface area contributed by atoms with Gasteiger partial charge in [0.2, 0.25) is 10.6 Å². The third kappa shape index (κ3) is 3.41. The van der Waals surface area contributed by atoms with Gasteiger partial charge in [0.05, 0.1) is 10.7 Å². The van der Waals surface area contributed by atoms with Crippen molar-refractivity contribution in [2.75, 3.05) is 0 Å². The Labute approximate surface area is 153 Å². The highest BCUT2D eigenvalue weighted by atomic mass is 79.9. The molecule has 0 aliphatic carbocycles. The van der Waals surface area contributed by atoms with Gasteiger partial charge in [0.25, 0.3) is 0 Å². The van der Waals surface area contributed by atoms with E-state index in [0.717, 1.165) is 4.47 Å². The second-order valence-corrected chi connectivity index (χ2v) is 6.61. The Hall–Kier alpha value is -1.84. The highest BCUT2D eigenvalue weighted by molar-refractivity contribution is 9.11. The molecule has 1 aromatic carbocycles. The number of hydrogen-bond acceptors (Lipinski definition) is 5. The van der Waals surface area contributed by atoms with Crippen LogP contribution in [0.4, 0.5) is 0 Å². The Morgan fingerprint density at radius 1 is 1.30 bits per heavy atom. The van der Waals surface area contributed by atoms with Crippen molar-refractivity contribution in [3.05, 3.63) is 55.8 Å². The van der Waals surface area contributed by atoms with E-state index >= 15 is 0 Å². The van der Waals surface area contributed by atoms with E-state index in [2.05, 4.69) is 52.1 Å². The van der Waals surface area contributed by atoms with Crippen molar-refractivity contribution < 1.29 is 5.11 Å². The summed E-state index contributed by atoms with van der Waals surface area (Å²) in [4.78, 5) is 4.24. The number of nitrogens with zero attached hydrogens (tertiary/aromatic N) is 4. The van der Waals surface area contributed by atoms with E-state index in [1.807, 2.05) is 18.2 Å². The van der Waals surface area contributed by atoms with Crippen molar-refractivity contribution in [2.24, 2.45) is 5.10 Å². The second kappa shape index (κ2) is 6.73. The summed E-state index contributed by atoms with van der Waals surface area (Å²) in [6, 6.07) is 8.97. The number of phenolic OH excluding ortho intramolecular Hbond substituents is 1. The summed E-state index contributed by atoms with van der Waals surface area (Å²) in [7, 11) is 0. The number of aromatic amines is 1. The smallest absolute Gasteiger partial charge is 0.216 e. The summed E-state index contributed by atoms with van der Waals surface area (Å²) in [6.07, 6.45) is 3.17. The van der Waals surface area contributed by atoms with Crippen molar-refractivity contribution in [3.63, 3.8) is 0 Å². The third-order valence-corrected chi connectivity index (χ3v) is 4.24. The molecule has 0 bridgehead atoms. The van der Waals surface area contributed by atoms with Crippen LogP contribution in [0.3, 0.4) is 0 Å². The molecule has 3 aromatic rings. The first-order valence-electron chi connectivity index (χ1n) is 6.37. The molecular weight excluding hydrogens is 446 g/mol. The summed E-state index contributed by atoms with van der Waals surface area (Å²) in [5.74, 6) is 0.576. The van der Waals surface area contributed by atoms with E-state index in [9.17, 15) is 5.11 Å². The van der Waals surface area contributed by atoms with Crippen LogP contribution < -0.4 is 0 Å². The number of benzene rings is 1. The van der Waals surface area contributed by atoms with Crippen LogP contribution in [0.25, 0.3) is 11.5 Å². The van der Waals surface area contributed by atoms with Gasteiger partial charge in [-0.15, -0.1) is 0 Å². The number of H-pyrrole nitrogens is 1. The van der Waals surface area contributed by atoms with Gasteiger partial charge in [-0.25, -0.2) is 5.10 Å². The fourth-order valence-corrected chi connectivity index (χ4v) is 3.30. The van der Waals surface area contributed by atoms with Gasteiger partial charge in [0.15, 0.2) is 0 Å². The Morgan fingerprint density at radius 3 is 2.87 bits per heavy atom. The molecule has 0 fully saturated rings. The molecule has 2 N–H and O–H groups in total. The maximum atomic E-state index is 10.1. The zero-order chi connectivity index (χ0) is 16.4. The summed E-state index contributed by atoms with van der Waals surface area (Å²) in [5, 5.41) is 21.2. The third-order valence-electron chi connectivity index (χ3n) is 2.91. The minimum absolute atomic E-state index is 0.0892. The van der Waals surface area contributed by atoms with Crippen LogP contribution in [0.5, 0.6) is 5.75 Å². The van der Waals surface area contributed by atoms with Gasteiger partial charge in [-0.3, -0.25) is 4.98 Å². The van der Waals surface area contributed by atoms with Crippen molar-refractivity contribution in [2.45, 2.75) is 0 Å². The number of halogens is 2. The molecule has 3 rings (SSSR count). The molecule has 0 saturated heterocycles. The minimum atomic E-state index is 0.0892. The zero-order valence-corrected chi connectivity index (χ0v) is 15.4. The monoisotopic (exact) mass is 453 g/mol. The molecule has 2 heterocycles. The van der Waals surface area contributed by atoms with Crippen LogP contribution in [-0.2, 0) is 0 Å². The zero-order valence-electron chi connectivity index (χ0n) is 11.4. The fraction of sp³-hybridized carbons (Fsp3) is 0. The lowest BCUT2D eigenvalue weighted by atomic mass is 10.2. The second-order valence-electron chi connectivity index (χ2n) is 4.45. The summed E-state index contributed by atoms with van der Waals surface area (Å²) < 4.78 is 3.15. The fourth-order valence-electron chi connectivity index (χ4n) is 1.86. The van der Waals surface area contributed by atoms with E-state index in [1.165, 1.54) is 10.9 Å². The van der Waals surface area contributed by atoms with Crippen molar-refractivity contribution in [1.82, 2.24) is 19.9 Å². The van der Waals surface area contributed by atoms with Gasteiger partial charge >= 0.3 is 0 Å². The average molecular weight is 455 g/mol. The van der Waals surface area contributed by atoms with Crippen LogP contribution in [0.2, 0.25) is 0 Å². The number of rotatable bonds is 3. The van der Waals surface area contributed by atoms with E-state index in [0.29, 0.717) is 26.3 Å². The molecular formula is C14H9Br2N5OS. The van der Waals surface area contributed by atoms with Crippen LogP contribution >= 0.6 is 44.1 Å². The Morgan fingerprint density at radius 2 is 2.13 bits per heavy atom. The molecule has 9 heteroatoms. The first-order chi connectivity index (χ1) is 11.1. The number of hydrogen-bond donors (Lipinski definition) is 2. The first kappa shape index (κ1) is 16.0. The van der Waals surface area contributed by atoms with Crippen LogP contribution in [-0.4, -0.2) is 31.2 Å². The molecule has 6 nitrogen and oxygen atoms in total. The van der Waals surface area contributed by atoms with Crippen LogP contribution in [0.15, 0.2) is 50.6 Å². The molecule has 0 saturated carbocycles. The molecule has 0 unspecified atom stereocenters. The highest BCUT2D eigenvalue weighted by Crippen LogP contribution is 2.30. The molecule has 0 amide bonds. The summed E-state index contributed by atoms with van der Waals surface area (Å²) in [6.45, 7) is 0. The van der Waals surface area contributed by atoms with Gasteiger partial charge in [0.1, 0.15) is 11.4 Å². The minimum Gasteiger partial charge on any atom is -0.506 e. The molecule has 116 valence electrons. The standard InChI is InChI=1S/C14H9Br2N5OS/c15-9-5-8(12(22)10(16)6-9)7-18-21-13(19-20-14(21)23)11-3-1-2-4-17-11/h1-7,22H,(H,20,23)/b18-7+. The Balaban J connectivity index is 2.05. The van der Waals surface area contributed by atoms with E-state index in [4.69, 9.17) is 12.2 Å². The van der Waals surface area contributed by atoms with Gasteiger partial charge in [-0.2, -0.15) is 14.9 Å². The lowest BCUT2D eigenvalue weighted by Crippen LogP contribution is -1.96. The Kier molecular flexibility index (Phi) is 4.69. The highest BCUT2D eigenvalue weighted by Gasteiger charge is 2.10.